The standard InChI is InChI=1S/C86H176OS2.Mo/c1-6-11-16-21-26-31-36-41-46-51-56-61-66-71-76-81-87-86(88)89(82-77-72-67-62-57-52-47-42-37-32-27-22-17-12-7-2,83-78-73-68-63-58-53-48-43-38-33-28-23-18-13-8-3,84-79-74-69-64-59-54-49-44-39-34-29-24-19-14-9-4)85-80-75-70-65-60-55-50-45-40-35-30-25-20-15-10-5;/h88H,6-85H2,1-5H3;. The Morgan fingerprint density at radius 2 is 0.289 bits per heavy atom. The Kier molecular flexibility index (Phi) is 82.1. The second-order valence-electron chi connectivity index (χ2n) is 30.5. The van der Waals surface area contributed by atoms with Gasteiger partial charge in [0.1, 0.15) is 4.38 Å². The molecule has 90 heavy (non-hydrogen) atoms. The molecule has 0 atom stereocenters. The van der Waals surface area contributed by atoms with Crippen molar-refractivity contribution in [2.45, 2.75) is 516 Å². The molecule has 0 spiro atoms. The maximum Gasteiger partial charge on any atom is 0.116 e. The van der Waals surface area contributed by atoms with Crippen LogP contribution < -0.4 is 0 Å². The van der Waals surface area contributed by atoms with Crippen molar-refractivity contribution in [1.82, 2.24) is 0 Å². The third-order valence-electron chi connectivity index (χ3n) is 21.6. The first kappa shape index (κ1) is 93.3. The van der Waals surface area contributed by atoms with Gasteiger partial charge in [-0.2, -0.15) is 0 Å². The average molecular weight is 1390 g/mol. The molecule has 0 aromatic heterocycles. The normalized spacial score (nSPS) is 12.3. The van der Waals surface area contributed by atoms with E-state index in [0.717, 1.165) is 6.61 Å². The molecule has 0 N–H and O–H groups in total. The Morgan fingerprint density at radius 1 is 0.178 bits per heavy atom. The van der Waals surface area contributed by atoms with Gasteiger partial charge in [0.2, 0.25) is 0 Å². The molecule has 0 aliphatic carbocycles. The summed E-state index contributed by atoms with van der Waals surface area (Å²) in [6, 6.07) is 0. The van der Waals surface area contributed by atoms with E-state index < -0.39 is 8.75 Å². The summed E-state index contributed by atoms with van der Waals surface area (Å²) in [6.07, 6.45) is 108. The van der Waals surface area contributed by atoms with Crippen LogP contribution in [0.3, 0.4) is 0 Å². The molecule has 0 heterocycles. The molecule has 1 nitrogen and oxygen atoms in total. The molecule has 4 heteroatoms. The minimum absolute atomic E-state index is 0. The smallest absolute Gasteiger partial charge is 0.116 e. The Morgan fingerprint density at radius 3 is 0.422 bits per heavy atom. The van der Waals surface area contributed by atoms with E-state index in [1.807, 2.05) is 0 Å². The monoisotopic (exact) mass is 1390 g/mol. The van der Waals surface area contributed by atoms with Crippen LogP contribution in [0.5, 0.6) is 0 Å². The quantitative estimate of drug-likeness (QED) is 0.0276. The van der Waals surface area contributed by atoms with E-state index in [1.54, 1.807) is 0 Å². The van der Waals surface area contributed by atoms with Gasteiger partial charge >= 0.3 is 0 Å². The van der Waals surface area contributed by atoms with E-state index in [1.165, 1.54) is 509 Å². The molecular formula is C86H176MoOS2. The van der Waals surface area contributed by atoms with Gasteiger partial charge in [0.25, 0.3) is 0 Å². The van der Waals surface area contributed by atoms with E-state index in [2.05, 4.69) is 34.6 Å². The summed E-state index contributed by atoms with van der Waals surface area (Å²) in [7, 11) is -2.08. The number of hydrogen-bond donors (Lipinski definition) is 1. The van der Waals surface area contributed by atoms with Crippen molar-refractivity contribution in [3.05, 3.63) is 0 Å². The van der Waals surface area contributed by atoms with Gasteiger partial charge in [-0.15, -0.1) is 12.6 Å². The minimum Gasteiger partial charge on any atom is -0.336 e. The molecule has 0 fully saturated rings. The third kappa shape index (κ3) is 65.2. The number of unbranched alkanes of at least 4 members (excludes halogenated alkanes) is 70. The zero-order valence-electron chi connectivity index (χ0n) is 63.7. The molecule has 0 saturated heterocycles. The maximum atomic E-state index is 7.35. The zero-order valence-corrected chi connectivity index (χ0v) is 67.5. The molecule has 0 unspecified atom stereocenters. The third-order valence-corrected chi connectivity index (χ3v) is 29.8. The number of thiol groups is 1. The van der Waals surface area contributed by atoms with E-state index in [0.29, 0.717) is 0 Å². The largest absolute Gasteiger partial charge is 0.336 e. The summed E-state index contributed by atoms with van der Waals surface area (Å²) >= 11 is 5.87. The molecule has 0 aliphatic heterocycles. The predicted molar refractivity (Wildman–Crippen MR) is 422 cm³/mol. The van der Waals surface area contributed by atoms with Crippen LogP contribution in [-0.4, -0.2) is 34.0 Å². The average Bonchev–Trinajstić information content (AvgIpc) is 0.808. The van der Waals surface area contributed by atoms with Crippen molar-refractivity contribution in [3.8, 4) is 0 Å². The van der Waals surface area contributed by atoms with E-state index in [9.17, 15) is 0 Å². The topological polar surface area (TPSA) is 9.23 Å². The number of ether oxygens (including phenoxy) is 1. The van der Waals surface area contributed by atoms with Gasteiger partial charge in [0, 0.05) is 21.1 Å². The van der Waals surface area contributed by atoms with E-state index in [4.69, 9.17) is 17.4 Å². The van der Waals surface area contributed by atoms with Crippen molar-refractivity contribution < 1.29 is 25.8 Å². The zero-order chi connectivity index (χ0) is 64.3. The Labute approximate surface area is 593 Å². The van der Waals surface area contributed by atoms with Crippen LogP contribution in [0.25, 0.3) is 0 Å². The van der Waals surface area contributed by atoms with Crippen molar-refractivity contribution in [2.24, 2.45) is 0 Å². The van der Waals surface area contributed by atoms with Crippen LogP contribution in [0.2, 0.25) is 0 Å². The van der Waals surface area contributed by atoms with Crippen LogP contribution in [0, 0.1) is 0 Å². The summed E-state index contributed by atoms with van der Waals surface area (Å²) in [6.45, 7) is 12.6. The SMILES string of the molecule is CCCCCCCCCCCCCCCCCOC(S)=S(CCCCCCCCCCCCCCCCC)(CCCCCCCCCCCCCCCCC)(CCCCCCCCCCCCCCCCC)CCCCCCCCCCCCCCCCC.[Mo]. The number of rotatable bonds is 80. The Balaban J connectivity index is 0. The molecule has 0 amide bonds. The Bertz CT molecular complexity index is 1200. The summed E-state index contributed by atoms with van der Waals surface area (Å²) < 4.78 is 8.68. The summed E-state index contributed by atoms with van der Waals surface area (Å²) in [5.74, 6) is 5.73. The molecular weight excluding hydrogens is 1210 g/mol. The van der Waals surface area contributed by atoms with Crippen LogP contribution >= 0.6 is 21.4 Å². The van der Waals surface area contributed by atoms with Gasteiger partial charge in [-0.05, 0) is 55.1 Å². The second kappa shape index (κ2) is 79.2. The minimum atomic E-state index is -2.08. The predicted octanol–water partition coefficient (Wildman–Crippen LogP) is 32.7. The summed E-state index contributed by atoms with van der Waals surface area (Å²) in [5.41, 5.74) is 0. The summed E-state index contributed by atoms with van der Waals surface area (Å²) in [5, 5.41) is 0. The van der Waals surface area contributed by atoms with Gasteiger partial charge in [-0.1, -0.05) is 484 Å². The first-order chi connectivity index (χ1) is 44.0. The molecule has 0 aliphatic rings. The van der Waals surface area contributed by atoms with Crippen molar-refractivity contribution in [3.63, 3.8) is 0 Å². The van der Waals surface area contributed by atoms with Crippen molar-refractivity contribution in [1.29, 1.82) is 0 Å². The van der Waals surface area contributed by atoms with Crippen molar-refractivity contribution >= 4 is 25.8 Å². The van der Waals surface area contributed by atoms with Gasteiger partial charge < -0.3 is 4.74 Å². The van der Waals surface area contributed by atoms with Gasteiger partial charge in [0.05, 0.1) is 6.61 Å². The summed E-state index contributed by atoms with van der Waals surface area (Å²) in [4.78, 5) is 0. The molecule has 0 aromatic carbocycles. The maximum absolute atomic E-state index is 7.35. The van der Waals surface area contributed by atoms with E-state index in [-0.39, 0.29) is 21.1 Å². The first-order valence-corrected chi connectivity index (χ1v) is 46.3. The van der Waals surface area contributed by atoms with Crippen LogP contribution in [0.4, 0.5) is 0 Å². The molecule has 544 valence electrons. The molecule has 0 rings (SSSR count). The van der Waals surface area contributed by atoms with Crippen LogP contribution in [-0.2, 0) is 25.8 Å². The fourth-order valence-electron chi connectivity index (χ4n) is 15.2. The van der Waals surface area contributed by atoms with Gasteiger partial charge in [-0.3, -0.25) is 0 Å². The van der Waals surface area contributed by atoms with Gasteiger partial charge in [0.15, 0.2) is 0 Å². The Hall–Kier alpha value is 1.22. The van der Waals surface area contributed by atoms with Gasteiger partial charge in [-0.25, -0.2) is 8.75 Å². The fourth-order valence-corrected chi connectivity index (χ4v) is 22.5. The van der Waals surface area contributed by atoms with Crippen LogP contribution in [0.15, 0.2) is 0 Å². The first-order valence-electron chi connectivity index (χ1n) is 43.1. The molecule has 0 bridgehead atoms. The second-order valence-corrected chi connectivity index (χ2v) is 36.8. The van der Waals surface area contributed by atoms with Crippen LogP contribution in [0.1, 0.15) is 516 Å². The molecule has 0 radical (unpaired) electrons. The van der Waals surface area contributed by atoms with Crippen molar-refractivity contribution in [2.75, 3.05) is 29.6 Å². The number of hydrogen-bond acceptors (Lipinski definition) is 1. The fraction of sp³-hybridized carbons (Fsp3) is 0.988. The molecule has 0 saturated carbocycles. The van der Waals surface area contributed by atoms with E-state index >= 15 is 0 Å². The molecule has 0 aromatic rings.